The normalized spacial score (nSPS) is 16.2. The summed E-state index contributed by atoms with van der Waals surface area (Å²) in [5.41, 5.74) is 4.72. The summed E-state index contributed by atoms with van der Waals surface area (Å²) in [4.78, 5) is 13.1. The van der Waals surface area contributed by atoms with E-state index in [9.17, 15) is 4.79 Å². The molecule has 3 aromatic rings. The first kappa shape index (κ1) is 16.6. The summed E-state index contributed by atoms with van der Waals surface area (Å²) >= 11 is 0. The van der Waals surface area contributed by atoms with E-state index in [1.165, 1.54) is 11.1 Å². The third kappa shape index (κ3) is 2.81. The van der Waals surface area contributed by atoms with Crippen LogP contribution in [0.4, 0.5) is 0 Å². The van der Waals surface area contributed by atoms with E-state index >= 15 is 0 Å². The second kappa shape index (κ2) is 5.84. The lowest BCUT2D eigenvalue weighted by Gasteiger charge is -2.27. The average Bonchev–Trinajstić information content (AvgIpc) is 3.13. The number of rotatable bonds is 2. The van der Waals surface area contributed by atoms with Crippen LogP contribution in [0.15, 0.2) is 58.0 Å². The van der Waals surface area contributed by atoms with Gasteiger partial charge in [-0.1, -0.05) is 47.5 Å². The first-order valence-corrected chi connectivity index (χ1v) is 8.83. The number of carbonyl (C=O) groups is 1. The summed E-state index contributed by atoms with van der Waals surface area (Å²) < 4.78 is 5.75. The second-order valence-corrected chi connectivity index (χ2v) is 7.68. The number of para-hydroxylation sites is 1. The molecule has 0 atom stereocenters. The molecule has 4 rings (SSSR count). The van der Waals surface area contributed by atoms with Crippen LogP contribution < -0.4 is 0 Å². The number of furan rings is 1. The molecule has 132 valence electrons. The Labute approximate surface area is 153 Å². The number of amides is 1. The van der Waals surface area contributed by atoms with E-state index in [0.29, 0.717) is 17.8 Å². The number of nitrogens with zero attached hydrogens (tertiary/aromatic N) is 2. The predicted molar refractivity (Wildman–Crippen MR) is 104 cm³/mol. The molecule has 0 unspecified atom stereocenters. The van der Waals surface area contributed by atoms with Crippen LogP contribution in [0.1, 0.15) is 47.5 Å². The number of hydrogen-bond acceptors (Lipinski definition) is 3. The fourth-order valence-electron chi connectivity index (χ4n) is 3.59. The van der Waals surface area contributed by atoms with E-state index in [1.807, 2.05) is 38.1 Å². The molecular formula is C22H22N2O2. The number of hydrazone groups is 1. The van der Waals surface area contributed by atoms with Crippen molar-refractivity contribution in [1.82, 2.24) is 5.01 Å². The Morgan fingerprint density at radius 1 is 1.08 bits per heavy atom. The molecule has 0 N–H and O–H groups in total. The molecule has 2 aromatic carbocycles. The van der Waals surface area contributed by atoms with Gasteiger partial charge in [0.2, 0.25) is 0 Å². The third-order valence-corrected chi connectivity index (χ3v) is 4.78. The molecule has 0 spiro atoms. The Kier molecular flexibility index (Phi) is 3.72. The number of benzene rings is 2. The molecule has 0 aliphatic carbocycles. The average molecular weight is 346 g/mol. The SMILES string of the molecule is Cc1cc(C)cc(C2=NN(C(=O)c3cc4ccccc4o3)C(C)(C)C2)c1. The molecule has 0 bridgehead atoms. The number of carbonyl (C=O) groups excluding carboxylic acids is 1. The number of fused-ring (bicyclic) bond motifs is 1. The van der Waals surface area contributed by atoms with Gasteiger partial charge in [-0.05, 0) is 45.4 Å². The van der Waals surface area contributed by atoms with E-state index in [0.717, 1.165) is 16.7 Å². The minimum absolute atomic E-state index is 0.203. The van der Waals surface area contributed by atoms with Crippen LogP contribution in [0.2, 0.25) is 0 Å². The largest absolute Gasteiger partial charge is 0.451 e. The van der Waals surface area contributed by atoms with Crippen LogP contribution >= 0.6 is 0 Å². The Hall–Kier alpha value is -2.88. The quantitative estimate of drug-likeness (QED) is 0.650. The fraction of sp³-hybridized carbons (Fsp3) is 0.273. The van der Waals surface area contributed by atoms with Crippen molar-refractivity contribution in [2.45, 2.75) is 39.7 Å². The highest BCUT2D eigenvalue weighted by atomic mass is 16.3. The van der Waals surface area contributed by atoms with E-state index in [2.05, 4.69) is 37.1 Å². The van der Waals surface area contributed by atoms with Gasteiger partial charge in [0.15, 0.2) is 5.76 Å². The van der Waals surface area contributed by atoms with E-state index in [-0.39, 0.29) is 5.91 Å². The van der Waals surface area contributed by atoms with Gasteiger partial charge in [0.25, 0.3) is 0 Å². The number of aryl methyl sites for hydroxylation is 2. The zero-order valence-electron chi connectivity index (χ0n) is 15.5. The fourth-order valence-corrected chi connectivity index (χ4v) is 3.59. The summed E-state index contributed by atoms with van der Waals surface area (Å²) in [6.45, 7) is 8.22. The smallest absolute Gasteiger partial charge is 0.310 e. The molecule has 0 fully saturated rings. The highest BCUT2D eigenvalue weighted by molar-refractivity contribution is 6.05. The van der Waals surface area contributed by atoms with Crippen molar-refractivity contribution in [1.29, 1.82) is 0 Å². The molecule has 1 aromatic heterocycles. The third-order valence-electron chi connectivity index (χ3n) is 4.78. The Bertz CT molecular complexity index is 990. The lowest BCUT2D eigenvalue weighted by molar-refractivity contribution is 0.0581. The van der Waals surface area contributed by atoms with Gasteiger partial charge in [0, 0.05) is 11.8 Å². The topological polar surface area (TPSA) is 45.8 Å². The zero-order valence-corrected chi connectivity index (χ0v) is 15.5. The van der Waals surface area contributed by atoms with E-state index in [4.69, 9.17) is 4.42 Å². The summed E-state index contributed by atoms with van der Waals surface area (Å²) in [7, 11) is 0. The minimum atomic E-state index is -0.400. The van der Waals surface area contributed by atoms with Crippen LogP contribution in [-0.4, -0.2) is 22.2 Å². The molecule has 0 saturated carbocycles. The zero-order chi connectivity index (χ0) is 18.5. The molecule has 0 saturated heterocycles. The molecule has 1 aliphatic rings. The van der Waals surface area contributed by atoms with Gasteiger partial charge >= 0.3 is 5.91 Å². The molecule has 4 nitrogen and oxygen atoms in total. The molecule has 4 heteroatoms. The highest BCUT2D eigenvalue weighted by Crippen LogP contribution is 2.32. The molecule has 2 heterocycles. The maximum Gasteiger partial charge on any atom is 0.310 e. The maximum absolute atomic E-state index is 13.1. The second-order valence-electron chi connectivity index (χ2n) is 7.68. The van der Waals surface area contributed by atoms with Crippen LogP contribution in [0.25, 0.3) is 11.0 Å². The molecule has 0 radical (unpaired) electrons. The van der Waals surface area contributed by atoms with Crippen molar-refractivity contribution in [3.05, 3.63) is 71.0 Å². The van der Waals surface area contributed by atoms with Crippen molar-refractivity contribution in [2.75, 3.05) is 0 Å². The lowest BCUT2D eigenvalue weighted by atomic mass is 9.93. The minimum Gasteiger partial charge on any atom is -0.451 e. The van der Waals surface area contributed by atoms with Crippen LogP contribution in [0.5, 0.6) is 0 Å². The number of hydrogen-bond donors (Lipinski definition) is 0. The van der Waals surface area contributed by atoms with Crippen LogP contribution in [0, 0.1) is 13.8 Å². The first-order chi connectivity index (χ1) is 12.3. The Morgan fingerprint density at radius 2 is 1.77 bits per heavy atom. The lowest BCUT2D eigenvalue weighted by Crippen LogP contribution is -2.40. The maximum atomic E-state index is 13.1. The highest BCUT2D eigenvalue weighted by Gasteiger charge is 2.40. The van der Waals surface area contributed by atoms with Crippen molar-refractivity contribution in [3.8, 4) is 0 Å². The van der Waals surface area contributed by atoms with Gasteiger partial charge in [0.05, 0.1) is 11.3 Å². The van der Waals surface area contributed by atoms with Gasteiger partial charge in [-0.15, -0.1) is 0 Å². The molecule has 1 aliphatic heterocycles. The molecular weight excluding hydrogens is 324 g/mol. The summed E-state index contributed by atoms with van der Waals surface area (Å²) in [5.74, 6) is 0.121. The monoisotopic (exact) mass is 346 g/mol. The predicted octanol–water partition coefficient (Wildman–Crippen LogP) is 5.08. The summed E-state index contributed by atoms with van der Waals surface area (Å²) in [6, 6.07) is 15.8. The summed E-state index contributed by atoms with van der Waals surface area (Å²) in [5, 5.41) is 7.17. The van der Waals surface area contributed by atoms with E-state index < -0.39 is 5.54 Å². The van der Waals surface area contributed by atoms with Crippen molar-refractivity contribution >= 4 is 22.6 Å². The van der Waals surface area contributed by atoms with Gasteiger partial charge in [-0.3, -0.25) is 4.79 Å². The van der Waals surface area contributed by atoms with Crippen molar-refractivity contribution in [2.24, 2.45) is 5.10 Å². The molecule has 26 heavy (non-hydrogen) atoms. The Morgan fingerprint density at radius 3 is 2.46 bits per heavy atom. The van der Waals surface area contributed by atoms with Crippen molar-refractivity contribution in [3.63, 3.8) is 0 Å². The van der Waals surface area contributed by atoms with Crippen molar-refractivity contribution < 1.29 is 9.21 Å². The first-order valence-electron chi connectivity index (χ1n) is 8.83. The Balaban J connectivity index is 1.72. The van der Waals surface area contributed by atoms with Gasteiger partial charge in [0.1, 0.15) is 5.58 Å². The van der Waals surface area contributed by atoms with Crippen LogP contribution in [-0.2, 0) is 0 Å². The van der Waals surface area contributed by atoms with E-state index in [1.54, 1.807) is 11.1 Å². The van der Waals surface area contributed by atoms with Gasteiger partial charge in [-0.2, -0.15) is 5.10 Å². The summed E-state index contributed by atoms with van der Waals surface area (Å²) in [6.07, 6.45) is 0.710. The molecule has 1 amide bonds. The van der Waals surface area contributed by atoms with Crippen LogP contribution in [0.3, 0.4) is 0 Å². The van der Waals surface area contributed by atoms with Gasteiger partial charge in [-0.25, -0.2) is 5.01 Å². The standard InChI is InChI=1S/C22H22N2O2/c1-14-9-15(2)11-17(10-14)18-13-22(3,4)24(23-18)21(25)20-12-16-7-5-6-8-19(16)26-20/h5-12H,13H2,1-4H3. The van der Waals surface area contributed by atoms with Gasteiger partial charge < -0.3 is 4.42 Å².